The number of carboxylic acid groups (broad SMARTS) is 1. The molecule has 15 heavy (non-hydrogen) atoms. The molecule has 1 heterocycles. The molecule has 1 atom stereocenters. The highest BCUT2D eigenvalue weighted by atomic mass is 16.4. The molecule has 3 heteroatoms. The normalized spacial score (nSPS) is 14.9. The highest BCUT2D eigenvalue weighted by molar-refractivity contribution is 5.76. The van der Waals surface area contributed by atoms with Crippen LogP contribution in [0.4, 0.5) is 0 Å². The molecule has 0 amide bonds. The van der Waals surface area contributed by atoms with Crippen LogP contribution in [0.15, 0.2) is 12.1 Å². The quantitative estimate of drug-likeness (QED) is 0.828. The molecule has 0 saturated carbocycles. The molecule has 0 aliphatic heterocycles. The maximum atomic E-state index is 11.4. The van der Waals surface area contributed by atoms with E-state index in [0.29, 0.717) is 6.42 Å². The zero-order valence-electron chi connectivity index (χ0n) is 9.87. The van der Waals surface area contributed by atoms with Gasteiger partial charge < -0.3 is 9.67 Å². The van der Waals surface area contributed by atoms with E-state index in [-0.39, 0.29) is 0 Å². The van der Waals surface area contributed by atoms with Crippen LogP contribution in [0.2, 0.25) is 0 Å². The fraction of sp³-hybridized carbons (Fsp3) is 0.583. The van der Waals surface area contributed by atoms with Crippen molar-refractivity contribution < 1.29 is 9.90 Å². The monoisotopic (exact) mass is 209 g/mol. The van der Waals surface area contributed by atoms with Gasteiger partial charge in [-0.3, -0.25) is 0 Å². The van der Waals surface area contributed by atoms with Crippen molar-refractivity contribution in [3.8, 4) is 0 Å². The van der Waals surface area contributed by atoms with Gasteiger partial charge in [-0.05, 0) is 39.3 Å². The molecule has 0 radical (unpaired) electrons. The molecule has 1 unspecified atom stereocenters. The van der Waals surface area contributed by atoms with E-state index in [1.165, 1.54) is 0 Å². The first-order valence-corrected chi connectivity index (χ1v) is 5.32. The van der Waals surface area contributed by atoms with Gasteiger partial charge in [0.1, 0.15) is 5.54 Å². The molecule has 1 aromatic rings. The Morgan fingerprint density at radius 3 is 2.20 bits per heavy atom. The fourth-order valence-corrected chi connectivity index (χ4v) is 2.25. The second-order valence-corrected chi connectivity index (χ2v) is 4.28. The topological polar surface area (TPSA) is 42.2 Å². The Morgan fingerprint density at radius 1 is 1.40 bits per heavy atom. The fourth-order valence-electron chi connectivity index (χ4n) is 2.25. The van der Waals surface area contributed by atoms with E-state index in [1.54, 1.807) is 6.92 Å². The second kappa shape index (κ2) is 4.09. The van der Waals surface area contributed by atoms with E-state index in [9.17, 15) is 9.90 Å². The van der Waals surface area contributed by atoms with E-state index < -0.39 is 11.5 Å². The van der Waals surface area contributed by atoms with Crippen LogP contribution in [0.5, 0.6) is 0 Å². The van der Waals surface area contributed by atoms with Crippen molar-refractivity contribution in [3.05, 3.63) is 23.5 Å². The molecular formula is C12H19NO2. The molecule has 1 N–H and O–H groups in total. The van der Waals surface area contributed by atoms with Gasteiger partial charge in [0, 0.05) is 11.4 Å². The molecule has 0 bridgehead atoms. The third-order valence-electron chi connectivity index (χ3n) is 2.96. The molecule has 1 aromatic heterocycles. The van der Waals surface area contributed by atoms with E-state index >= 15 is 0 Å². The number of carbonyl (C=O) groups is 1. The lowest BCUT2D eigenvalue weighted by Gasteiger charge is -2.29. The van der Waals surface area contributed by atoms with Gasteiger partial charge >= 0.3 is 5.97 Å². The van der Waals surface area contributed by atoms with E-state index in [2.05, 4.69) is 0 Å². The average molecular weight is 209 g/mol. The van der Waals surface area contributed by atoms with Crippen LogP contribution in [0, 0.1) is 13.8 Å². The first-order valence-electron chi connectivity index (χ1n) is 5.32. The Balaban J connectivity index is 3.26. The van der Waals surface area contributed by atoms with Crippen molar-refractivity contribution in [1.29, 1.82) is 0 Å². The van der Waals surface area contributed by atoms with Crippen LogP contribution in [-0.4, -0.2) is 15.6 Å². The van der Waals surface area contributed by atoms with Gasteiger partial charge in [0.05, 0.1) is 0 Å². The van der Waals surface area contributed by atoms with Crippen LogP contribution in [-0.2, 0) is 10.3 Å². The summed E-state index contributed by atoms with van der Waals surface area (Å²) in [6, 6.07) is 3.93. The van der Waals surface area contributed by atoms with E-state index in [4.69, 9.17) is 0 Å². The summed E-state index contributed by atoms with van der Waals surface area (Å²) in [5.74, 6) is -0.758. The summed E-state index contributed by atoms with van der Waals surface area (Å²) in [6.45, 7) is 7.70. The summed E-state index contributed by atoms with van der Waals surface area (Å²) in [5, 5.41) is 9.36. The number of hydrogen-bond acceptors (Lipinski definition) is 1. The summed E-state index contributed by atoms with van der Waals surface area (Å²) >= 11 is 0. The summed E-state index contributed by atoms with van der Waals surface area (Å²) in [6.07, 6.45) is 1.51. The van der Waals surface area contributed by atoms with Crippen molar-refractivity contribution in [3.63, 3.8) is 0 Å². The number of carboxylic acids is 1. The number of rotatable bonds is 4. The lowest BCUT2D eigenvalue weighted by molar-refractivity contribution is -0.147. The molecule has 3 nitrogen and oxygen atoms in total. The summed E-state index contributed by atoms with van der Waals surface area (Å²) in [5.41, 5.74) is 1.20. The number of aryl methyl sites for hydroxylation is 2. The third kappa shape index (κ3) is 1.91. The highest BCUT2D eigenvalue weighted by Crippen LogP contribution is 2.27. The van der Waals surface area contributed by atoms with Crippen molar-refractivity contribution in [2.75, 3.05) is 0 Å². The van der Waals surface area contributed by atoms with Crippen LogP contribution in [0.3, 0.4) is 0 Å². The molecule has 0 aliphatic rings. The van der Waals surface area contributed by atoms with Crippen molar-refractivity contribution in [1.82, 2.24) is 4.57 Å². The van der Waals surface area contributed by atoms with Gasteiger partial charge in [-0.2, -0.15) is 0 Å². The largest absolute Gasteiger partial charge is 0.479 e. The first kappa shape index (κ1) is 11.8. The third-order valence-corrected chi connectivity index (χ3v) is 2.96. The van der Waals surface area contributed by atoms with Crippen LogP contribution >= 0.6 is 0 Å². The van der Waals surface area contributed by atoms with E-state index in [1.807, 2.05) is 37.5 Å². The van der Waals surface area contributed by atoms with Crippen LogP contribution < -0.4 is 0 Å². The molecule has 0 saturated heterocycles. The average Bonchev–Trinajstić information content (AvgIpc) is 2.46. The summed E-state index contributed by atoms with van der Waals surface area (Å²) in [7, 11) is 0. The zero-order valence-corrected chi connectivity index (χ0v) is 9.87. The smallest absolute Gasteiger partial charge is 0.329 e. The van der Waals surface area contributed by atoms with Crippen molar-refractivity contribution in [2.45, 2.75) is 46.1 Å². The van der Waals surface area contributed by atoms with Crippen LogP contribution in [0.1, 0.15) is 38.1 Å². The number of aromatic nitrogens is 1. The predicted molar refractivity (Wildman–Crippen MR) is 60.1 cm³/mol. The SMILES string of the molecule is CCCC(C)(C(=O)O)n1c(C)ccc1C. The minimum Gasteiger partial charge on any atom is -0.479 e. The summed E-state index contributed by atoms with van der Waals surface area (Å²) in [4.78, 5) is 11.4. The minimum absolute atomic E-state index is 0.651. The summed E-state index contributed by atoms with van der Waals surface area (Å²) < 4.78 is 1.92. The Labute approximate surface area is 90.7 Å². The molecule has 0 aromatic carbocycles. The van der Waals surface area contributed by atoms with E-state index in [0.717, 1.165) is 17.8 Å². The van der Waals surface area contributed by atoms with Crippen molar-refractivity contribution >= 4 is 5.97 Å². The Hall–Kier alpha value is -1.25. The molecule has 0 spiro atoms. The molecule has 1 rings (SSSR count). The number of aliphatic carboxylic acids is 1. The van der Waals surface area contributed by atoms with Crippen molar-refractivity contribution in [2.24, 2.45) is 0 Å². The molecular weight excluding hydrogens is 190 g/mol. The maximum absolute atomic E-state index is 11.4. The minimum atomic E-state index is -0.813. The maximum Gasteiger partial charge on any atom is 0.329 e. The Bertz CT molecular complexity index is 348. The Kier molecular flexibility index (Phi) is 3.22. The lowest BCUT2D eigenvalue weighted by atomic mass is 9.95. The highest BCUT2D eigenvalue weighted by Gasteiger charge is 2.35. The molecule has 0 aliphatic carbocycles. The second-order valence-electron chi connectivity index (χ2n) is 4.28. The van der Waals surface area contributed by atoms with Gasteiger partial charge in [0.15, 0.2) is 0 Å². The Morgan fingerprint density at radius 2 is 1.87 bits per heavy atom. The molecule has 84 valence electrons. The lowest BCUT2D eigenvalue weighted by Crippen LogP contribution is -2.40. The van der Waals surface area contributed by atoms with Gasteiger partial charge in [0.25, 0.3) is 0 Å². The van der Waals surface area contributed by atoms with Gasteiger partial charge in [-0.1, -0.05) is 13.3 Å². The van der Waals surface area contributed by atoms with Gasteiger partial charge in [0.2, 0.25) is 0 Å². The standard InChI is InChI=1S/C12H19NO2/c1-5-8-12(4,11(14)15)13-9(2)6-7-10(13)3/h6-7H,5,8H2,1-4H3,(H,14,15). The van der Waals surface area contributed by atoms with Gasteiger partial charge in [-0.25, -0.2) is 4.79 Å². The zero-order chi connectivity index (χ0) is 11.6. The number of hydrogen-bond donors (Lipinski definition) is 1. The first-order chi connectivity index (χ1) is 6.93. The predicted octanol–water partition coefficient (Wildman–Crippen LogP) is 2.70. The molecule has 0 fully saturated rings. The number of nitrogens with zero attached hydrogens (tertiary/aromatic N) is 1. The van der Waals surface area contributed by atoms with Gasteiger partial charge in [-0.15, -0.1) is 0 Å². The van der Waals surface area contributed by atoms with Crippen LogP contribution in [0.25, 0.3) is 0 Å².